The van der Waals surface area contributed by atoms with Gasteiger partial charge in [0.15, 0.2) is 0 Å². The fourth-order valence-corrected chi connectivity index (χ4v) is 4.91. The van der Waals surface area contributed by atoms with Crippen LogP contribution in [-0.2, 0) is 4.74 Å². The van der Waals surface area contributed by atoms with Crippen LogP contribution in [0.2, 0.25) is 0 Å². The summed E-state index contributed by atoms with van der Waals surface area (Å²) >= 11 is 0. The van der Waals surface area contributed by atoms with Crippen molar-refractivity contribution in [3.05, 3.63) is 71.2 Å². The predicted molar refractivity (Wildman–Crippen MR) is 123 cm³/mol. The van der Waals surface area contributed by atoms with Crippen molar-refractivity contribution in [3.63, 3.8) is 0 Å². The monoisotopic (exact) mass is 430 g/mol. The molecule has 1 fully saturated rings. The van der Waals surface area contributed by atoms with E-state index in [2.05, 4.69) is 9.88 Å². The van der Waals surface area contributed by atoms with Crippen LogP contribution in [0.25, 0.3) is 21.7 Å². The number of fused-ring (bicyclic) bond motifs is 3. The number of phenolic OH excluding ortho intramolecular Hbond substituents is 1. The second-order valence-electron chi connectivity index (χ2n) is 8.17. The number of aromatic hydroxyl groups is 1. The molecule has 1 aliphatic rings. The summed E-state index contributed by atoms with van der Waals surface area (Å²) in [5, 5.41) is 13.7. The molecular weight excluding hydrogens is 404 g/mol. The molecule has 164 valence electrons. The van der Waals surface area contributed by atoms with Crippen molar-refractivity contribution in [1.82, 2.24) is 9.88 Å². The molecule has 1 aliphatic heterocycles. The number of benzene rings is 2. The zero-order valence-electron chi connectivity index (χ0n) is 18.3. The third kappa shape index (κ3) is 3.22. The van der Waals surface area contributed by atoms with Crippen molar-refractivity contribution < 1.29 is 19.1 Å². The lowest BCUT2D eigenvalue weighted by molar-refractivity contribution is 0.0526. The summed E-state index contributed by atoms with van der Waals surface area (Å²) in [5.74, 6) is 0.194. The highest BCUT2D eigenvalue weighted by atomic mass is 16.5. The molecule has 6 heteroatoms. The number of nitrogens with zero attached hydrogens (tertiary/aromatic N) is 2. The van der Waals surface area contributed by atoms with Gasteiger partial charge in [0.1, 0.15) is 22.7 Å². The first-order valence-electron chi connectivity index (χ1n) is 11.1. The lowest BCUT2D eigenvalue weighted by Crippen LogP contribution is -2.27. The van der Waals surface area contributed by atoms with E-state index in [1.807, 2.05) is 42.5 Å². The molecule has 0 saturated carbocycles. The first-order valence-corrected chi connectivity index (χ1v) is 11.1. The fourth-order valence-electron chi connectivity index (χ4n) is 4.91. The second kappa shape index (κ2) is 8.28. The maximum atomic E-state index is 13.0. The summed E-state index contributed by atoms with van der Waals surface area (Å²) in [4.78, 5) is 20.0. The summed E-state index contributed by atoms with van der Waals surface area (Å²) in [6.07, 6.45) is 3.92. The molecule has 0 radical (unpaired) electrons. The number of carbonyl (C=O) groups excluding carboxylic acids is 1. The Balaban J connectivity index is 1.91. The molecule has 0 spiro atoms. The van der Waals surface area contributed by atoms with Crippen molar-refractivity contribution in [1.29, 1.82) is 0 Å². The van der Waals surface area contributed by atoms with Crippen molar-refractivity contribution in [2.45, 2.75) is 32.7 Å². The van der Waals surface area contributed by atoms with Crippen LogP contribution in [0.5, 0.6) is 5.75 Å². The van der Waals surface area contributed by atoms with Gasteiger partial charge < -0.3 is 14.3 Å². The smallest absolute Gasteiger partial charge is 0.342 e. The Kier molecular flexibility index (Phi) is 5.31. The SMILES string of the molecule is CCOC(=O)c1c(C)oc2c1c([C@H](c1ccccn1)N1CCCC1)c(O)c1ccccc12. The molecule has 0 amide bonds. The third-order valence-corrected chi connectivity index (χ3v) is 6.26. The minimum absolute atomic E-state index is 0.155. The number of phenols is 1. The van der Waals surface area contributed by atoms with Gasteiger partial charge in [-0.2, -0.15) is 0 Å². The standard InChI is InChI=1S/C26H26N2O4/c1-3-31-26(30)20-16(2)32-25-18-11-5-4-10-17(18)24(29)22(21(20)25)23(28-14-8-9-15-28)19-12-6-7-13-27-19/h4-7,10-13,23,29H,3,8-9,14-15H2,1-2H3/t23-/m0/s1. The Hall–Kier alpha value is -3.38. The van der Waals surface area contributed by atoms with Crippen LogP contribution >= 0.6 is 0 Å². The number of likely N-dealkylation sites (tertiary alicyclic amines) is 1. The molecule has 2 aromatic heterocycles. The minimum Gasteiger partial charge on any atom is -0.507 e. The number of rotatable bonds is 5. The fraction of sp³-hybridized carbons (Fsp3) is 0.308. The lowest BCUT2D eigenvalue weighted by atomic mass is 9.91. The lowest BCUT2D eigenvalue weighted by Gasteiger charge is -2.29. The molecule has 1 N–H and O–H groups in total. The molecule has 6 nitrogen and oxygen atoms in total. The molecule has 1 atom stereocenters. The Bertz CT molecular complexity index is 1290. The summed E-state index contributed by atoms with van der Waals surface area (Å²) in [5.41, 5.74) is 2.45. The van der Waals surface area contributed by atoms with E-state index in [9.17, 15) is 9.90 Å². The minimum atomic E-state index is -0.444. The Morgan fingerprint density at radius 1 is 1.16 bits per heavy atom. The van der Waals surface area contributed by atoms with Crippen molar-refractivity contribution in [2.75, 3.05) is 19.7 Å². The van der Waals surface area contributed by atoms with Crippen LogP contribution in [0.15, 0.2) is 53.1 Å². The zero-order valence-corrected chi connectivity index (χ0v) is 18.3. The highest BCUT2D eigenvalue weighted by molar-refractivity contribution is 6.16. The van der Waals surface area contributed by atoms with Crippen LogP contribution in [0.1, 0.15) is 53.2 Å². The summed E-state index contributed by atoms with van der Waals surface area (Å²) < 4.78 is 11.6. The summed E-state index contributed by atoms with van der Waals surface area (Å²) in [6, 6.07) is 13.1. The Morgan fingerprint density at radius 2 is 1.88 bits per heavy atom. The van der Waals surface area contributed by atoms with Crippen LogP contribution in [0.3, 0.4) is 0 Å². The average Bonchev–Trinajstić information content (AvgIpc) is 3.45. The largest absolute Gasteiger partial charge is 0.507 e. The van der Waals surface area contributed by atoms with Gasteiger partial charge in [-0.3, -0.25) is 9.88 Å². The molecule has 0 aliphatic carbocycles. The van der Waals surface area contributed by atoms with Crippen molar-refractivity contribution >= 4 is 27.7 Å². The van der Waals surface area contributed by atoms with E-state index in [0.29, 0.717) is 33.2 Å². The third-order valence-electron chi connectivity index (χ3n) is 6.26. The van der Waals surface area contributed by atoms with E-state index in [1.54, 1.807) is 20.0 Å². The van der Waals surface area contributed by atoms with Crippen molar-refractivity contribution in [3.8, 4) is 5.75 Å². The number of aryl methyl sites for hydroxylation is 1. The van der Waals surface area contributed by atoms with Gasteiger partial charge in [0.05, 0.1) is 18.3 Å². The molecule has 1 saturated heterocycles. The quantitative estimate of drug-likeness (QED) is 0.430. The number of pyridine rings is 1. The summed E-state index contributed by atoms with van der Waals surface area (Å²) in [7, 11) is 0. The van der Waals surface area contributed by atoms with Gasteiger partial charge in [-0.05, 0) is 51.9 Å². The molecule has 0 bridgehead atoms. The number of carbonyl (C=O) groups is 1. The predicted octanol–water partition coefficient (Wildman–Crippen LogP) is 5.36. The first kappa shape index (κ1) is 20.5. The normalized spacial score (nSPS) is 15.4. The molecule has 4 aromatic rings. The van der Waals surface area contributed by atoms with E-state index in [0.717, 1.165) is 37.0 Å². The van der Waals surface area contributed by atoms with Gasteiger partial charge >= 0.3 is 5.97 Å². The van der Waals surface area contributed by atoms with Gasteiger partial charge in [-0.15, -0.1) is 0 Å². The molecule has 3 heterocycles. The van der Waals surface area contributed by atoms with E-state index in [-0.39, 0.29) is 18.4 Å². The number of furan rings is 1. The molecule has 2 aromatic carbocycles. The molecule has 0 unspecified atom stereocenters. The van der Waals surface area contributed by atoms with Gasteiger partial charge in [0.25, 0.3) is 0 Å². The number of esters is 1. The maximum absolute atomic E-state index is 13.0. The highest BCUT2D eigenvalue weighted by Crippen LogP contribution is 2.47. The van der Waals surface area contributed by atoms with Gasteiger partial charge in [0.2, 0.25) is 0 Å². The maximum Gasteiger partial charge on any atom is 0.342 e. The second-order valence-corrected chi connectivity index (χ2v) is 8.17. The molecular formula is C26H26N2O4. The van der Waals surface area contributed by atoms with Crippen LogP contribution in [-0.4, -0.2) is 40.7 Å². The van der Waals surface area contributed by atoms with E-state index in [4.69, 9.17) is 9.15 Å². The number of aromatic nitrogens is 1. The number of hydrogen-bond acceptors (Lipinski definition) is 6. The van der Waals surface area contributed by atoms with E-state index >= 15 is 0 Å². The van der Waals surface area contributed by atoms with E-state index < -0.39 is 5.97 Å². The summed E-state index contributed by atoms with van der Waals surface area (Å²) in [6.45, 7) is 5.59. The number of hydrogen-bond donors (Lipinski definition) is 1. The van der Waals surface area contributed by atoms with Gasteiger partial charge in [0, 0.05) is 27.9 Å². The molecule has 32 heavy (non-hydrogen) atoms. The van der Waals surface area contributed by atoms with E-state index in [1.165, 1.54) is 0 Å². The average molecular weight is 431 g/mol. The number of ether oxygens (including phenoxy) is 1. The van der Waals surface area contributed by atoms with Gasteiger partial charge in [-0.1, -0.05) is 30.3 Å². The Labute approximate surface area is 186 Å². The zero-order chi connectivity index (χ0) is 22.2. The van der Waals surface area contributed by atoms with Crippen LogP contribution < -0.4 is 0 Å². The van der Waals surface area contributed by atoms with Gasteiger partial charge in [-0.25, -0.2) is 4.79 Å². The van der Waals surface area contributed by atoms with Crippen LogP contribution in [0.4, 0.5) is 0 Å². The Morgan fingerprint density at radius 3 is 2.56 bits per heavy atom. The van der Waals surface area contributed by atoms with Crippen LogP contribution in [0, 0.1) is 6.92 Å². The molecule has 5 rings (SSSR count). The highest BCUT2D eigenvalue weighted by Gasteiger charge is 2.35. The van der Waals surface area contributed by atoms with Crippen molar-refractivity contribution in [2.24, 2.45) is 0 Å². The first-order chi connectivity index (χ1) is 15.6. The topological polar surface area (TPSA) is 75.8 Å².